The molecule has 0 radical (unpaired) electrons. The van der Waals surface area contributed by atoms with Crippen LogP contribution in [0.15, 0.2) is 48.5 Å². The molecule has 0 spiro atoms. The first-order valence-corrected chi connectivity index (χ1v) is 9.97. The van der Waals surface area contributed by atoms with Gasteiger partial charge < -0.3 is 10.1 Å². The molecule has 0 amide bonds. The summed E-state index contributed by atoms with van der Waals surface area (Å²) < 4.78 is 18.4. The van der Waals surface area contributed by atoms with E-state index in [9.17, 15) is 14.5 Å². The minimum Gasteiger partial charge on any atom is -0.494 e. The summed E-state index contributed by atoms with van der Waals surface area (Å²) >= 11 is 0. The van der Waals surface area contributed by atoms with Crippen LogP contribution in [0, 0.1) is 15.9 Å². The molecular weight excluding hydrogens is 359 g/mol. The van der Waals surface area contributed by atoms with Crippen LogP contribution in [0.1, 0.15) is 44.1 Å². The summed E-state index contributed by atoms with van der Waals surface area (Å²) in [5.74, 6) is 0.493. The van der Waals surface area contributed by atoms with E-state index in [2.05, 4.69) is 5.32 Å². The Morgan fingerprint density at radius 3 is 2.18 bits per heavy atom. The smallest absolute Gasteiger partial charge is 0.269 e. The van der Waals surface area contributed by atoms with Crippen LogP contribution < -0.4 is 10.1 Å². The van der Waals surface area contributed by atoms with Crippen molar-refractivity contribution in [3.8, 4) is 5.75 Å². The number of nitrogens with one attached hydrogen (secondary N) is 1. The second kappa shape index (κ2) is 12.8. The normalized spacial score (nSPS) is 10.8. The number of hydrogen-bond acceptors (Lipinski definition) is 4. The number of non-ortho nitro benzene ring substituents is 1. The fraction of sp³-hybridized carbons (Fsp3) is 0.455. The predicted octanol–water partition coefficient (Wildman–Crippen LogP) is 5.29. The van der Waals surface area contributed by atoms with Gasteiger partial charge in [0, 0.05) is 12.1 Å². The van der Waals surface area contributed by atoms with Gasteiger partial charge >= 0.3 is 0 Å². The molecule has 2 aromatic rings. The third kappa shape index (κ3) is 8.95. The summed E-state index contributed by atoms with van der Waals surface area (Å²) in [5, 5.41) is 14.0. The van der Waals surface area contributed by atoms with Crippen molar-refractivity contribution < 1.29 is 14.1 Å². The summed E-state index contributed by atoms with van der Waals surface area (Å²) in [7, 11) is 0. The van der Waals surface area contributed by atoms with Crippen LogP contribution >= 0.6 is 0 Å². The average molecular weight is 388 g/mol. The number of nitrogens with zero attached hydrogens (tertiary/aromatic N) is 1. The number of benzene rings is 2. The second-order valence-corrected chi connectivity index (χ2v) is 6.85. The third-order valence-electron chi connectivity index (χ3n) is 4.57. The zero-order chi connectivity index (χ0) is 20.0. The lowest BCUT2D eigenvalue weighted by Crippen LogP contribution is -2.18. The molecule has 1 N–H and O–H groups in total. The number of ether oxygens (including phenoxy) is 1. The van der Waals surface area contributed by atoms with Crippen molar-refractivity contribution in [3.05, 3.63) is 70.0 Å². The highest BCUT2D eigenvalue weighted by molar-refractivity contribution is 5.35. The molecule has 2 rings (SSSR count). The number of nitro groups is 1. The highest BCUT2D eigenvalue weighted by Gasteiger charge is 2.04. The Morgan fingerprint density at radius 2 is 1.50 bits per heavy atom. The highest BCUT2D eigenvalue weighted by atomic mass is 19.1. The molecule has 0 aliphatic carbocycles. The van der Waals surface area contributed by atoms with Crippen molar-refractivity contribution in [1.29, 1.82) is 0 Å². The van der Waals surface area contributed by atoms with Crippen LogP contribution in [0.5, 0.6) is 5.75 Å². The fourth-order valence-electron chi connectivity index (χ4n) is 2.92. The maximum Gasteiger partial charge on any atom is 0.269 e. The molecule has 6 heteroatoms. The molecule has 0 aromatic heterocycles. The summed E-state index contributed by atoms with van der Waals surface area (Å²) in [5.41, 5.74) is 1.24. The van der Waals surface area contributed by atoms with Gasteiger partial charge in [0.2, 0.25) is 0 Å². The molecule has 152 valence electrons. The predicted molar refractivity (Wildman–Crippen MR) is 109 cm³/mol. The molecular formula is C22H29FN2O3. The molecule has 0 bridgehead atoms. The first-order chi connectivity index (χ1) is 13.6. The molecule has 0 saturated carbocycles. The number of nitro benzene ring substituents is 1. The number of unbranched alkanes of at least 4 members (excludes halogenated alkanes) is 5. The van der Waals surface area contributed by atoms with E-state index in [-0.39, 0.29) is 11.5 Å². The molecule has 0 fully saturated rings. The van der Waals surface area contributed by atoms with Gasteiger partial charge in [-0.15, -0.1) is 0 Å². The Labute approximate surface area is 166 Å². The van der Waals surface area contributed by atoms with Gasteiger partial charge in [-0.2, -0.15) is 0 Å². The number of rotatable bonds is 14. The molecule has 0 aliphatic heterocycles. The fourth-order valence-corrected chi connectivity index (χ4v) is 2.92. The molecule has 0 atom stereocenters. The largest absolute Gasteiger partial charge is 0.494 e. The van der Waals surface area contributed by atoms with E-state index in [1.807, 2.05) is 12.1 Å². The van der Waals surface area contributed by atoms with E-state index >= 15 is 0 Å². The van der Waals surface area contributed by atoms with Crippen molar-refractivity contribution in [2.45, 2.75) is 44.9 Å². The number of halogens is 1. The van der Waals surface area contributed by atoms with Crippen LogP contribution in [0.4, 0.5) is 10.1 Å². The lowest BCUT2D eigenvalue weighted by atomic mass is 10.1. The standard InChI is InChI=1S/C22H29FN2O3/c23-20-9-7-19(8-10-20)15-17-24-16-5-3-1-2-4-6-18-28-22-13-11-21(12-14-22)25(26)27/h7-14,24H,1-6,15-18H2. The molecule has 0 aliphatic rings. The van der Waals surface area contributed by atoms with E-state index in [0.29, 0.717) is 12.4 Å². The van der Waals surface area contributed by atoms with Crippen LogP contribution in [-0.4, -0.2) is 24.6 Å². The van der Waals surface area contributed by atoms with E-state index < -0.39 is 4.92 Å². The van der Waals surface area contributed by atoms with Crippen LogP contribution in [0.25, 0.3) is 0 Å². The lowest BCUT2D eigenvalue weighted by molar-refractivity contribution is -0.384. The highest BCUT2D eigenvalue weighted by Crippen LogP contribution is 2.17. The van der Waals surface area contributed by atoms with Gasteiger partial charge in [0.1, 0.15) is 11.6 Å². The molecule has 2 aromatic carbocycles. The second-order valence-electron chi connectivity index (χ2n) is 6.85. The first-order valence-electron chi connectivity index (χ1n) is 9.97. The summed E-state index contributed by atoms with van der Waals surface area (Å²) in [6.07, 6.45) is 7.85. The molecule has 0 heterocycles. The Kier molecular flexibility index (Phi) is 10.0. The minimum atomic E-state index is -0.412. The van der Waals surface area contributed by atoms with Gasteiger partial charge in [0.05, 0.1) is 11.5 Å². The molecule has 0 unspecified atom stereocenters. The quantitative estimate of drug-likeness (QED) is 0.271. The zero-order valence-corrected chi connectivity index (χ0v) is 16.2. The Hall–Kier alpha value is -2.47. The topological polar surface area (TPSA) is 64.4 Å². The van der Waals surface area contributed by atoms with Gasteiger partial charge in [0.15, 0.2) is 0 Å². The summed E-state index contributed by atoms with van der Waals surface area (Å²) in [6.45, 7) is 2.58. The van der Waals surface area contributed by atoms with Crippen molar-refractivity contribution in [1.82, 2.24) is 5.32 Å². The maximum absolute atomic E-state index is 12.8. The van der Waals surface area contributed by atoms with Crippen LogP contribution in [-0.2, 0) is 6.42 Å². The van der Waals surface area contributed by atoms with E-state index in [1.54, 1.807) is 12.1 Å². The Morgan fingerprint density at radius 1 is 0.857 bits per heavy atom. The van der Waals surface area contributed by atoms with Crippen molar-refractivity contribution >= 4 is 5.69 Å². The molecule has 28 heavy (non-hydrogen) atoms. The van der Waals surface area contributed by atoms with Crippen LogP contribution in [0.3, 0.4) is 0 Å². The Bertz CT molecular complexity index is 690. The van der Waals surface area contributed by atoms with E-state index in [0.717, 1.165) is 37.9 Å². The van der Waals surface area contributed by atoms with Gasteiger partial charge in [-0.05, 0) is 62.2 Å². The van der Waals surface area contributed by atoms with Gasteiger partial charge in [-0.1, -0.05) is 37.8 Å². The number of hydrogen-bond donors (Lipinski definition) is 1. The minimum absolute atomic E-state index is 0.0808. The summed E-state index contributed by atoms with van der Waals surface area (Å²) in [6, 6.07) is 12.9. The van der Waals surface area contributed by atoms with Crippen molar-refractivity contribution in [3.63, 3.8) is 0 Å². The van der Waals surface area contributed by atoms with E-state index in [1.165, 1.54) is 49.9 Å². The lowest BCUT2D eigenvalue weighted by Gasteiger charge is -2.07. The van der Waals surface area contributed by atoms with Crippen molar-refractivity contribution in [2.75, 3.05) is 19.7 Å². The van der Waals surface area contributed by atoms with Gasteiger partial charge in [-0.3, -0.25) is 10.1 Å². The zero-order valence-electron chi connectivity index (χ0n) is 16.2. The van der Waals surface area contributed by atoms with Gasteiger partial charge in [-0.25, -0.2) is 4.39 Å². The molecule has 5 nitrogen and oxygen atoms in total. The average Bonchev–Trinajstić information content (AvgIpc) is 2.70. The summed E-state index contributed by atoms with van der Waals surface area (Å²) in [4.78, 5) is 10.2. The SMILES string of the molecule is O=[N+]([O-])c1ccc(OCCCCCCCCNCCc2ccc(F)cc2)cc1. The first kappa shape index (κ1) is 21.8. The third-order valence-corrected chi connectivity index (χ3v) is 4.57. The molecule has 0 saturated heterocycles. The monoisotopic (exact) mass is 388 g/mol. The Balaban J connectivity index is 1.37. The maximum atomic E-state index is 12.8. The van der Waals surface area contributed by atoms with Crippen molar-refractivity contribution in [2.24, 2.45) is 0 Å². The van der Waals surface area contributed by atoms with E-state index in [4.69, 9.17) is 4.74 Å². The van der Waals surface area contributed by atoms with Crippen LogP contribution in [0.2, 0.25) is 0 Å². The van der Waals surface area contributed by atoms with Gasteiger partial charge in [0.25, 0.3) is 5.69 Å².